The molecule has 3 rings (SSSR count). The summed E-state index contributed by atoms with van der Waals surface area (Å²) in [7, 11) is 0. The number of benzene rings is 2. The third-order valence-corrected chi connectivity index (χ3v) is 3.78. The van der Waals surface area contributed by atoms with Crippen LogP contribution in [0.1, 0.15) is 10.4 Å². The predicted molar refractivity (Wildman–Crippen MR) is 95.7 cm³/mol. The lowest BCUT2D eigenvalue weighted by Gasteiger charge is -2.14. The van der Waals surface area contributed by atoms with Crippen molar-refractivity contribution in [3.05, 3.63) is 65.3 Å². The number of hydrogen-bond donors (Lipinski definition) is 2. The van der Waals surface area contributed by atoms with Gasteiger partial charge in [-0.15, -0.1) is 0 Å². The highest BCUT2D eigenvalue weighted by Gasteiger charge is 2.27. The van der Waals surface area contributed by atoms with Crippen molar-refractivity contribution in [1.82, 2.24) is 4.98 Å². The Bertz CT molecular complexity index is 960. The smallest absolute Gasteiger partial charge is 0.375 e. The number of alkyl halides is 3. The van der Waals surface area contributed by atoms with E-state index >= 15 is 0 Å². The van der Waals surface area contributed by atoms with E-state index in [0.717, 1.165) is 5.39 Å². The molecule has 0 bridgehead atoms. The minimum Gasteiger partial charge on any atom is -0.375 e. The summed E-state index contributed by atoms with van der Waals surface area (Å²) in [5.74, 6) is -0.442. The van der Waals surface area contributed by atoms with Gasteiger partial charge in [-0.05, 0) is 42.5 Å². The van der Waals surface area contributed by atoms with E-state index in [4.69, 9.17) is 11.6 Å². The second kappa shape index (κ2) is 7.21. The number of anilines is 2. The van der Waals surface area contributed by atoms with E-state index in [1.54, 1.807) is 42.5 Å². The first kappa shape index (κ1) is 18.0. The number of rotatable bonds is 4. The molecule has 1 heterocycles. The highest BCUT2D eigenvalue weighted by atomic mass is 35.5. The van der Waals surface area contributed by atoms with E-state index in [1.165, 1.54) is 12.1 Å². The minimum atomic E-state index is -4.36. The first-order valence-electron chi connectivity index (χ1n) is 7.59. The first-order valence-corrected chi connectivity index (χ1v) is 7.97. The summed E-state index contributed by atoms with van der Waals surface area (Å²) in [5.41, 5.74) is 1.44. The topological polar surface area (TPSA) is 54.0 Å². The molecule has 0 radical (unpaired) electrons. The molecule has 134 valence electrons. The van der Waals surface area contributed by atoms with E-state index in [0.29, 0.717) is 16.2 Å². The molecule has 0 aliphatic heterocycles. The number of carbonyl (C=O) groups excluding carboxylic acids is 1. The largest absolute Gasteiger partial charge is 0.405 e. The molecule has 0 fully saturated rings. The maximum absolute atomic E-state index is 12.5. The molecule has 4 nitrogen and oxygen atoms in total. The number of nitrogens with one attached hydrogen (secondary N) is 2. The zero-order chi connectivity index (χ0) is 18.7. The zero-order valence-corrected chi connectivity index (χ0v) is 14.0. The number of carbonyl (C=O) groups is 1. The second-order valence-electron chi connectivity index (χ2n) is 5.51. The third kappa shape index (κ3) is 4.43. The first-order chi connectivity index (χ1) is 12.3. The van der Waals surface area contributed by atoms with Crippen molar-refractivity contribution in [2.24, 2.45) is 0 Å². The molecule has 26 heavy (non-hydrogen) atoms. The number of pyridine rings is 1. The van der Waals surface area contributed by atoms with Crippen LogP contribution in [0.3, 0.4) is 0 Å². The van der Waals surface area contributed by atoms with Gasteiger partial charge in [0.05, 0.1) is 16.9 Å². The van der Waals surface area contributed by atoms with Gasteiger partial charge in [0.1, 0.15) is 11.7 Å². The Labute approximate surface area is 152 Å². The second-order valence-corrected chi connectivity index (χ2v) is 5.90. The Kier molecular flexibility index (Phi) is 4.99. The number of hydrogen-bond acceptors (Lipinski definition) is 3. The van der Waals surface area contributed by atoms with Crippen molar-refractivity contribution in [2.75, 3.05) is 17.2 Å². The van der Waals surface area contributed by atoms with Crippen LogP contribution in [0.5, 0.6) is 0 Å². The summed E-state index contributed by atoms with van der Waals surface area (Å²) >= 11 is 5.83. The standard InChI is InChI=1S/C18H13ClF3N3O/c19-16-8-6-11-9-12(5-7-13(11)24-16)17(26)25-15-4-2-1-3-14(15)23-10-18(20,21)22/h1-9,23H,10H2,(H,25,26). The molecule has 0 aliphatic rings. The van der Waals surface area contributed by atoms with Crippen molar-refractivity contribution >= 4 is 39.8 Å². The van der Waals surface area contributed by atoms with Crippen molar-refractivity contribution < 1.29 is 18.0 Å². The van der Waals surface area contributed by atoms with Gasteiger partial charge in [-0.1, -0.05) is 23.7 Å². The van der Waals surface area contributed by atoms with Crippen LogP contribution in [0.15, 0.2) is 54.6 Å². The number of fused-ring (bicyclic) bond motifs is 1. The van der Waals surface area contributed by atoms with Gasteiger partial charge < -0.3 is 10.6 Å². The summed E-state index contributed by atoms with van der Waals surface area (Å²) in [5, 5.41) is 5.98. The van der Waals surface area contributed by atoms with Crippen LogP contribution in [0, 0.1) is 0 Å². The molecule has 2 N–H and O–H groups in total. The van der Waals surface area contributed by atoms with Gasteiger partial charge in [-0.25, -0.2) is 4.98 Å². The number of nitrogens with zero attached hydrogens (tertiary/aromatic N) is 1. The fraction of sp³-hybridized carbons (Fsp3) is 0.111. The Balaban J connectivity index is 1.81. The molecular weight excluding hydrogens is 367 g/mol. The lowest BCUT2D eigenvalue weighted by molar-refractivity contribution is -0.115. The molecular formula is C18H13ClF3N3O. The molecule has 0 spiro atoms. The van der Waals surface area contributed by atoms with Gasteiger partial charge in [-0.3, -0.25) is 4.79 Å². The normalized spacial score (nSPS) is 11.4. The summed E-state index contributed by atoms with van der Waals surface area (Å²) in [6.07, 6.45) is -4.36. The fourth-order valence-electron chi connectivity index (χ4n) is 2.38. The summed E-state index contributed by atoms with van der Waals surface area (Å²) in [6, 6.07) is 14.4. The fourth-order valence-corrected chi connectivity index (χ4v) is 2.53. The molecule has 3 aromatic rings. The van der Waals surface area contributed by atoms with Gasteiger partial charge in [0.2, 0.25) is 0 Å². The van der Waals surface area contributed by atoms with Gasteiger partial charge in [0.25, 0.3) is 5.91 Å². The SMILES string of the molecule is O=C(Nc1ccccc1NCC(F)(F)F)c1ccc2nc(Cl)ccc2c1. The van der Waals surface area contributed by atoms with Crippen LogP contribution < -0.4 is 10.6 Å². The molecule has 2 aromatic carbocycles. The predicted octanol–water partition coefficient (Wildman–Crippen LogP) is 5.11. The van der Waals surface area contributed by atoms with E-state index in [1.807, 2.05) is 0 Å². The van der Waals surface area contributed by atoms with E-state index in [-0.39, 0.29) is 11.4 Å². The van der Waals surface area contributed by atoms with Crippen LogP contribution in [0.25, 0.3) is 10.9 Å². The maximum atomic E-state index is 12.5. The van der Waals surface area contributed by atoms with Crippen LogP contribution in [0.2, 0.25) is 5.15 Å². The summed E-state index contributed by atoms with van der Waals surface area (Å²) < 4.78 is 37.2. The molecule has 1 amide bonds. The van der Waals surface area contributed by atoms with E-state index in [2.05, 4.69) is 15.6 Å². The van der Waals surface area contributed by atoms with Crippen LogP contribution in [0.4, 0.5) is 24.5 Å². The van der Waals surface area contributed by atoms with Crippen molar-refractivity contribution in [1.29, 1.82) is 0 Å². The molecule has 0 saturated carbocycles. The highest BCUT2D eigenvalue weighted by molar-refractivity contribution is 6.29. The number of halogens is 4. The minimum absolute atomic E-state index is 0.187. The van der Waals surface area contributed by atoms with Crippen LogP contribution in [-0.2, 0) is 0 Å². The summed E-state index contributed by atoms with van der Waals surface area (Å²) in [6.45, 7) is -1.19. The monoisotopic (exact) mass is 379 g/mol. The van der Waals surface area contributed by atoms with E-state index in [9.17, 15) is 18.0 Å². The lowest BCUT2D eigenvalue weighted by atomic mass is 10.1. The molecule has 0 unspecified atom stereocenters. The number of para-hydroxylation sites is 2. The number of amides is 1. The average molecular weight is 380 g/mol. The quantitative estimate of drug-likeness (QED) is 0.619. The average Bonchev–Trinajstić information content (AvgIpc) is 2.59. The maximum Gasteiger partial charge on any atom is 0.405 e. The Morgan fingerprint density at radius 2 is 1.77 bits per heavy atom. The van der Waals surface area contributed by atoms with Crippen LogP contribution in [-0.4, -0.2) is 23.6 Å². The molecule has 0 aliphatic carbocycles. The van der Waals surface area contributed by atoms with Gasteiger partial charge >= 0.3 is 6.18 Å². The van der Waals surface area contributed by atoms with Gasteiger partial charge in [0.15, 0.2) is 0 Å². The Morgan fingerprint density at radius 3 is 2.50 bits per heavy atom. The van der Waals surface area contributed by atoms with Crippen molar-refractivity contribution in [3.8, 4) is 0 Å². The summed E-state index contributed by atoms with van der Waals surface area (Å²) in [4.78, 5) is 16.6. The lowest BCUT2D eigenvalue weighted by Crippen LogP contribution is -2.22. The van der Waals surface area contributed by atoms with Crippen LogP contribution >= 0.6 is 11.6 Å². The van der Waals surface area contributed by atoms with E-state index < -0.39 is 18.6 Å². The molecule has 8 heteroatoms. The highest BCUT2D eigenvalue weighted by Crippen LogP contribution is 2.25. The van der Waals surface area contributed by atoms with Gasteiger partial charge in [-0.2, -0.15) is 13.2 Å². The molecule has 0 atom stereocenters. The van der Waals surface area contributed by atoms with Crippen molar-refractivity contribution in [3.63, 3.8) is 0 Å². The van der Waals surface area contributed by atoms with Crippen molar-refractivity contribution in [2.45, 2.75) is 6.18 Å². The third-order valence-electron chi connectivity index (χ3n) is 3.57. The number of aromatic nitrogens is 1. The zero-order valence-electron chi connectivity index (χ0n) is 13.3. The molecule has 0 saturated heterocycles. The molecule has 1 aromatic heterocycles. The Morgan fingerprint density at radius 1 is 1.04 bits per heavy atom. The Hall–Kier alpha value is -2.80. The van der Waals surface area contributed by atoms with Gasteiger partial charge in [0, 0.05) is 10.9 Å².